The lowest BCUT2D eigenvalue weighted by molar-refractivity contribution is -0.149. The fourth-order valence-corrected chi connectivity index (χ4v) is 9.03. The molecule has 12 heteroatoms. The van der Waals surface area contributed by atoms with Crippen molar-refractivity contribution >= 4 is 40.7 Å². The minimum Gasteiger partial charge on any atom is -0.476 e. The second-order valence-electron chi connectivity index (χ2n) is 16.6. The van der Waals surface area contributed by atoms with Crippen LogP contribution in [0.4, 0.5) is 0 Å². The number of aromatic carboxylic acids is 1. The van der Waals surface area contributed by atoms with Crippen LogP contribution in [0.15, 0.2) is 35.7 Å². The molecule has 1 aromatic heterocycles. The Labute approximate surface area is 338 Å². The molecule has 0 saturated carbocycles. The molecule has 56 heavy (non-hydrogen) atoms. The van der Waals surface area contributed by atoms with Crippen molar-refractivity contribution in [1.82, 2.24) is 14.8 Å². The van der Waals surface area contributed by atoms with Crippen molar-refractivity contribution in [3.8, 4) is 0 Å². The van der Waals surface area contributed by atoms with E-state index in [0.29, 0.717) is 24.4 Å². The number of benzene rings is 1. The van der Waals surface area contributed by atoms with Gasteiger partial charge in [-0.1, -0.05) is 92.1 Å². The SMILES string of the molecule is CC[C@H](C)[C@@H]([C@@H](CC(=O)N1CCC[C@H]1[C@H](OC)[C@@H](C)C(=O)C[C@@H](Cc1ccccc1)c1nc(C(=O)O)cs1)OC)N(C)C(=O)[C@@H](CC(=O)[C@@H](C)C(C)C)C(C)C. The third-order valence-electron chi connectivity index (χ3n) is 12.3. The van der Waals surface area contributed by atoms with Crippen molar-refractivity contribution < 1.29 is 38.6 Å². The Morgan fingerprint density at radius 3 is 2.09 bits per heavy atom. The van der Waals surface area contributed by atoms with Gasteiger partial charge in [0, 0.05) is 69.7 Å². The lowest BCUT2D eigenvalue weighted by Gasteiger charge is -2.41. The smallest absolute Gasteiger partial charge is 0.355 e. The zero-order valence-electron chi connectivity index (χ0n) is 35.5. The average molecular weight is 798 g/mol. The van der Waals surface area contributed by atoms with Gasteiger partial charge in [-0.3, -0.25) is 19.2 Å². The second kappa shape index (κ2) is 21.9. The fraction of sp³-hybridized carbons (Fsp3) is 0.682. The number of carbonyl (C=O) groups is 5. The Morgan fingerprint density at radius 1 is 0.911 bits per heavy atom. The normalized spacial score (nSPS) is 18.9. The van der Waals surface area contributed by atoms with Crippen LogP contribution >= 0.6 is 11.3 Å². The Bertz CT molecular complexity index is 1600. The molecule has 3 rings (SSSR count). The predicted molar refractivity (Wildman–Crippen MR) is 220 cm³/mol. The molecule has 1 aliphatic heterocycles. The van der Waals surface area contributed by atoms with Crippen LogP contribution < -0.4 is 0 Å². The molecule has 2 aromatic rings. The summed E-state index contributed by atoms with van der Waals surface area (Å²) in [5.41, 5.74) is 0.982. The van der Waals surface area contributed by atoms with E-state index >= 15 is 0 Å². The van der Waals surface area contributed by atoms with E-state index in [1.54, 1.807) is 26.2 Å². The number of hydrogen-bond acceptors (Lipinski definition) is 9. The number of carboxylic acid groups (broad SMARTS) is 1. The Morgan fingerprint density at radius 2 is 1.55 bits per heavy atom. The van der Waals surface area contributed by atoms with Crippen molar-refractivity contribution in [2.75, 3.05) is 27.8 Å². The van der Waals surface area contributed by atoms with Crippen LogP contribution in [-0.4, -0.2) is 101 Å². The number of ether oxygens (including phenoxy) is 2. The molecule has 9 atom stereocenters. The molecular formula is C44H67N3O8S. The number of Topliss-reactive ketones (excluding diaryl/α,β-unsaturated/α-hetero) is 2. The number of likely N-dealkylation sites (N-methyl/N-ethyl adjacent to an activating group) is 1. The van der Waals surface area contributed by atoms with Gasteiger partial charge >= 0.3 is 5.97 Å². The molecule has 1 N–H and O–H groups in total. The number of methoxy groups -OCH3 is 2. The lowest BCUT2D eigenvalue weighted by Crippen LogP contribution is -2.54. The van der Waals surface area contributed by atoms with Gasteiger partial charge < -0.3 is 24.4 Å². The van der Waals surface area contributed by atoms with Crippen molar-refractivity contribution in [3.63, 3.8) is 0 Å². The Kier molecular flexibility index (Phi) is 18.3. The van der Waals surface area contributed by atoms with Gasteiger partial charge in [-0.15, -0.1) is 11.3 Å². The molecule has 0 radical (unpaired) electrons. The van der Waals surface area contributed by atoms with E-state index in [2.05, 4.69) is 18.8 Å². The summed E-state index contributed by atoms with van der Waals surface area (Å²) in [5.74, 6) is -2.68. The van der Waals surface area contributed by atoms with E-state index in [0.717, 1.165) is 18.4 Å². The summed E-state index contributed by atoms with van der Waals surface area (Å²) in [6, 6.07) is 9.01. The number of amides is 2. The largest absolute Gasteiger partial charge is 0.476 e. The van der Waals surface area contributed by atoms with Gasteiger partial charge in [0.2, 0.25) is 11.8 Å². The van der Waals surface area contributed by atoms with Gasteiger partial charge in [0.25, 0.3) is 0 Å². The molecule has 1 fully saturated rings. The first-order valence-corrected chi connectivity index (χ1v) is 21.2. The zero-order valence-corrected chi connectivity index (χ0v) is 36.3. The molecule has 1 aliphatic rings. The molecule has 0 bridgehead atoms. The van der Waals surface area contributed by atoms with E-state index in [1.165, 1.54) is 16.7 Å². The van der Waals surface area contributed by atoms with Crippen molar-refractivity contribution in [1.29, 1.82) is 0 Å². The average Bonchev–Trinajstić information content (AvgIpc) is 3.87. The van der Waals surface area contributed by atoms with E-state index < -0.39 is 36.1 Å². The zero-order chi connectivity index (χ0) is 41.9. The molecule has 0 spiro atoms. The topological polar surface area (TPSA) is 143 Å². The minimum atomic E-state index is -1.11. The maximum atomic E-state index is 14.3. The number of nitrogens with zero attached hydrogens (tertiary/aromatic N) is 3. The summed E-state index contributed by atoms with van der Waals surface area (Å²) >= 11 is 1.25. The molecule has 1 saturated heterocycles. The van der Waals surface area contributed by atoms with E-state index in [1.807, 2.05) is 76.8 Å². The highest BCUT2D eigenvalue weighted by Gasteiger charge is 2.43. The second-order valence-corrected chi connectivity index (χ2v) is 17.5. The van der Waals surface area contributed by atoms with Crippen molar-refractivity contribution in [2.45, 2.75) is 131 Å². The first-order valence-electron chi connectivity index (χ1n) is 20.4. The molecule has 11 nitrogen and oxygen atoms in total. The van der Waals surface area contributed by atoms with Crippen LogP contribution in [0.5, 0.6) is 0 Å². The van der Waals surface area contributed by atoms with Crippen LogP contribution in [0.25, 0.3) is 0 Å². The Hall–Kier alpha value is -3.48. The summed E-state index contributed by atoms with van der Waals surface area (Å²) in [6.45, 7) is 16.4. The minimum absolute atomic E-state index is 0.00629. The fourth-order valence-electron chi connectivity index (χ4n) is 8.13. The number of hydrogen-bond donors (Lipinski definition) is 1. The van der Waals surface area contributed by atoms with Gasteiger partial charge in [-0.25, -0.2) is 9.78 Å². The number of rotatable bonds is 23. The molecule has 312 valence electrons. The third-order valence-corrected chi connectivity index (χ3v) is 13.3. The van der Waals surface area contributed by atoms with E-state index in [-0.39, 0.29) is 84.0 Å². The van der Waals surface area contributed by atoms with Crippen LogP contribution in [0, 0.1) is 35.5 Å². The third kappa shape index (κ3) is 12.0. The number of thiazole rings is 1. The number of aromatic nitrogens is 1. The maximum Gasteiger partial charge on any atom is 0.355 e. The van der Waals surface area contributed by atoms with Crippen LogP contribution in [-0.2, 0) is 35.1 Å². The standard InChI is InChI=1S/C44H67N3O8S/c1-12-28(6)40(46(9)43(51)33(27(4)5)23-37(49)29(7)26(2)3)38(54-10)24-39(50)47-20-16-19-35(47)41(55-11)30(8)36(48)22-32(21-31-17-14-13-15-18-31)42-45-34(25-56-42)44(52)53/h13-15,17-18,25-30,32-33,35,38,40-41H,12,16,19-24H2,1-11H3,(H,52,53)/t28-,29-,30-,32+,33-,35-,38+,40-,41+/m0/s1. The van der Waals surface area contributed by atoms with Gasteiger partial charge in [0.05, 0.1) is 35.7 Å². The number of likely N-dealkylation sites (tertiary alicyclic amines) is 1. The predicted octanol–water partition coefficient (Wildman–Crippen LogP) is 7.57. The van der Waals surface area contributed by atoms with Gasteiger partial charge in [0.15, 0.2) is 5.69 Å². The van der Waals surface area contributed by atoms with Crippen LogP contribution in [0.1, 0.15) is 121 Å². The molecule has 1 aromatic carbocycles. The van der Waals surface area contributed by atoms with Crippen molar-refractivity contribution in [2.24, 2.45) is 35.5 Å². The highest BCUT2D eigenvalue weighted by atomic mass is 32.1. The first kappa shape index (κ1) is 46.9. The quantitative estimate of drug-likeness (QED) is 0.120. The van der Waals surface area contributed by atoms with Gasteiger partial charge in [-0.2, -0.15) is 0 Å². The monoisotopic (exact) mass is 797 g/mol. The van der Waals surface area contributed by atoms with E-state index in [4.69, 9.17) is 9.47 Å². The first-order chi connectivity index (χ1) is 26.5. The van der Waals surface area contributed by atoms with Crippen LogP contribution in [0.2, 0.25) is 0 Å². The highest BCUT2D eigenvalue weighted by Crippen LogP contribution is 2.34. The lowest BCUT2D eigenvalue weighted by atomic mass is 9.82. The summed E-state index contributed by atoms with van der Waals surface area (Å²) < 4.78 is 12.1. The summed E-state index contributed by atoms with van der Waals surface area (Å²) in [6.07, 6.45) is 1.91. The van der Waals surface area contributed by atoms with Gasteiger partial charge in [-0.05, 0) is 42.6 Å². The van der Waals surface area contributed by atoms with Crippen LogP contribution in [0.3, 0.4) is 0 Å². The van der Waals surface area contributed by atoms with Crippen molar-refractivity contribution in [3.05, 3.63) is 52.0 Å². The molecular weight excluding hydrogens is 731 g/mol. The molecule has 2 amide bonds. The summed E-state index contributed by atoms with van der Waals surface area (Å²) in [4.78, 5) is 75.3. The summed E-state index contributed by atoms with van der Waals surface area (Å²) in [5, 5.41) is 11.6. The Balaban J connectivity index is 1.81. The molecule has 0 unspecified atom stereocenters. The number of carbonyl (C=O) groups excluding carboxylic acids is 4. The molecule has 2 heterocycles. The number of carboxylic acids is 1. The highest BCUT2D eigenvalue weighted by molar-refractivity contribution is 7.09. The summed E-state index contributed by atoms with van der Waals surface area (Å²) in [7, 11) is 4.92. The molecule has 0 aliphatic carbocycles. The number of ketones is 2. The van der Waals surface area contributed by atoms with E-state index in [9.17, 15) is 29.1 Å². The maximum absolute atomic E-state index is 14.3. The van der Waals surface area contributed by atoms with Gasteiger partial charge in [0.1, 0.15) is 11.6 Å².